The van der Waals surface area contributed by atoms with E-state index in [0.717, 1.165) is 0 Å². The van der Waals surface area contributed by atoms with Gasteiger partial charge in [-0.3, -0.25) is 19.7 Å². The summed E-state index contributed by atoms with van der Waals surface area (Å²) >= 11 is 7.42. The van der Waals surface area contributed by atoms with Gasteiger partial charge in [0.25, 0.3) is 0 Å². The average molecular weight is 424 g/mol. The molecule has 0 atom stereocenters. The Hall–Kier alpha value is -2.78. The molecule has 0 fully saturated rings. The number of hydrogen-bond donors (Lipinski definition) is 2. The van der Waals surface area contributed by atoms with E-state index in [-0.39, 0.29) is 29.0 Å². The SMILES string of the molecule is COc1ccc(CSCC(=O)Nc2ccc(NC(C)=O)cc2Cl)cc1[N+](=O)[O-]. The smallest absolute Gasteiger partial charge is 0.311 e. The number of ether oxygens (including phenoxy) is 1. The van der Waals surface area contributed by atoms with Crippen molar-refractivity contribution in [3.8, 4) is 5.75 Å². The fourth-order valence-electron chi connectivity index (χ4n) is 2.31. The van der Waals surface area contributed by atoms with Crippen molar-refractivity contribution < 1.29 is 19.2 Å². The fraction of sp³-hybridized carbons (Fsp3) is 0.222. The van der Waals surface area contributed by atoms with Crippen molar-refractivity contribution in [1.82, 2.24) is 0 Å². The zero-order valence-corrected chi connectivity index (χ0v) is 16.7. The Morgan fingerprint density at radius 2 is 1.96 bits per heavy atom. The molecule has 0 radical (unpaired) electrons. The number of nitro benzene ring substituents is 1. The molecule has 8 nitrogen and oxygen atoms in total. The van der Waals surface area contributed by atoms with Crippen molar-refractivity contribution in [1.29, 1.82) is 0 Å². The van der Waals surface area contributed by atoms with E-state index in [2.05, 4.69) is 10.6 Å². The largest absolute Gasteiger partial charge is 0.490 e. The monoisotopic (exact) mass is 423 g/mol. The molecule has 2 rings (SSSR count). The number of hydrogen-bond acceptors (Lipinski definition) is 6. The van der Waals surface area contributed by atoms with E-state index in [0.29, 0.717) is 27.7 Å². The summed E-state index contributed by atoms with van der Waals surface area (Å²) in [4.78, 5) is 33.7. The summed E-state index contributed by atoms with van der Waals surface area (Å²) in [6.07, 6.45) is 0. The molecular formula is C18H18ClN3O5S. The minimum atomic E-state index is -0.508. The maximum atomic E-state index is 12.1. The molecule has 2 N–H and O–H groups in total. The summed E-state index contributed by atoms with van der Waals surface area (Å²) in [6.45, 7) is 1.39. The summed E-state index contributed by atoms with van der Waals surface area (Å²) in [5, 5.41) is 16.6. The van der Waals surface area contributed by atoms with Crippen LogP contribution >= 0.6 is 23.4 Å². The molecule has 2 amide bonds. The highest BCUT2D eigenvalue weighted by atomic mass is 35.5. The number of thioether (sulfide) groups is 1. The number of carbonyl (C=O) groups excluding carboxylic acids is 2. The van der Waals surface area contributed by atoms with E-state index >= 15 is 0 Å². The minimum Gasteiger partial charge on any atom is -0.490 e. The van der Waals surface area contributed by atoms with Gasteiger partial charge in [-0.15, -0.1) is 11.8 Å². The maximum absolute atomic E-state index is 12.1. The predicted molar refractivity (Wildman–Crippen MR) is 110 cm³/mol. The van der Waals surface area contributed by atoms with Crippen molar-refractivity contribution in [2.75, 3.05) is 23.5 Å². The minimum absolute atomic E-state index is 0.115. The molecular weight excluding hydrogens is 406 g/mol. The Kier molecular flexibility index (Phi) is 7.65. The van der Waals surface area contributed by atoms with Crippen molar-refractivity contribution in [3.05, 3.63) is 57.1 Å². The number of halogens is 1. The molecule has 0 spiro atoms. The van der Waals surface area contributed by atoms with Gasteiger partial charge in [0.1, 0.15) is 0 Å². The van der Waals surface area contributed by atoms with Crippen LogP contribution in [0.2, 0.25) is 5.02 Å². The molecule has 148 valence electrons. The second kappa shape index (κ2) is 9.95. The van der Waals surface area contributed by atoms with Gasteiger partial charge < -0.3 is 15.4 Å². The molecule has 0 aliphatic carbocycles. The van der Waals surface area contributed by atoms with Gasteiger partial charge in [-0.05, 0) is 29.8 Å². The van der Waals surface area contributed by atoms with Gasteiger partial charge in [0.15, 0.2) is 5.75 Å². The second-order valence-corrected chi connectivity index (χ2v) is 7.07. The maximum Gasteiger partial charge on any atom is 0.311 e. The van der Waals surface area contributed by atoms with Crippen LogP contribution in [0, 0.1) is 10.1 Å². The normalized spacial score (nSPS) is 10.2. The average Bonchev–Trinajstić information content (AvgIpc) is 2.63. The van der Waals surface area contributed by atoms with Crippen molar-refractivity contribution in [3.63, 3.8) is 0 Å². The van der Waals surface area contributed by atoms with Gasteiger partial charge in [0, 0.05) is 24.4 Å². The molecule has 2 aromatic rings. The fourth-order valence-corrected chi connectivity index (χ4v) is 3.32. The summed E-state index contributed by atoms with van der Waals surface area (Å²) < 4.78 is 4.96. The first-order chi connectivity index (χ1) is 13.3. The lowest BCUT2D eigenvalue weighted by Crippen LogP contribution is -2.14. The Balaban J connectivity index is 1.90. The topological polar surface area (TPSA) is 111 Å². The third-order valence-electron chi connectivity index (χ3n) is 3.51. The number of benzene rings is 2. The third kappa shape index (κ3) is 6.14. The third-order valence-corrected chi connectivity index (χ3v) is 4.82. The lowest BCUT2D eigenvalue weighted by atomic mass is 10.2. The standard InChI is InChI=1S/C18H18ClN3O5S/c1-11(23)20-13-4-5-15(14(19)8-13)21-18(24)10-28-9-12-3-6-17(27-2)16(7-12)22(25)26/h3-8H,9-10H2,1-2H3,(H,20,23)(H,21,24). The summed E-state index contributed by atoms with van der Waals surface area (Å²) in [5.41, 5.74) is 1.56. The Labute approximate surface area is 170 Å². The van der Waals surface area contributed by atoms with Gasteiger partial charge >= 0.3 is 5.69 Å². The zero-order valence-electron chi connectivity index (χ0n) is 15.2. The molecule has 0 heterocycles. The van der Waals surface area contributed by atoms with Gasteiger partial charge in [0.2, 0.25) is 11.8 Å². The van der Waals surface area contributed by atoms with Crippen LogP contribution in [0.3, 0.4) is 0 Å². The van der Waals surface area contributed by atoms with Gasteiger partial charge in [-0.1, -0.05) is 17.7 Å². The highest BCUT2D eigenvalue weighted by molar-refractivity contribution is 7.99. The molecule has 10 heteroatoms. The Bertz CT molecular complexity index is 907. The van der Waals surface area contributed by atoms with Crippen LogP contribution in [-0.4, -0.2) is 29.6 Å². The highest BCUT2D eigenvalue weighted by Gasteiger charge is 2.15. The van der Waals surface area contributed by atoms with Crippen molar-refractivity contribution in [2.45, 2.75) is 12.7 Å². The van der Waals surface area contributed by atoms with Crippen molar-refractivity contribution >= 4 is 52.2 Å². The number of methoxy groups -OCH3 is 1. The first kappa shape index (κ1) is 21.5. The van der Waals surface area contributed by atoms with Gasteiger partial charge in [-0.25, -0.2) is 0 Å². The Morgan fingerprint density at radius 1 is 1.21 bits per heavy atom. The van der Waals surface area contributed by atoms with E-state index in [1.807, 2.05) is 0 Å². The quantitative estimate of drug-likeness (QED) is 0.488. The molecule has 0 saturated carbocycles. The Morgan fingerprint density at radius 3 is 2.57 bits per heavy atom. The van der Waals surface area contributed by atoms with E-state index < -0.39 is 4.92 Å². The summed E-state index contributed by atoms with van der Waals surface area (Å²) in [7, 11) is 1.37. The molecule has 0 unspecified atom stereocenters. The second-order valence-electron chi connectivity index (χ2n) is 5.68. The number of carbonyl (C=O) groups is 2. The van der Waals surface area contributed by atoms with E-state index in [9.17, 15) is 19.7 Å². The van der Waals surface area contributed by atoms with Crippen LogP contribution in [-0.2, 0) is 15.3 Å². The molecule has 0 bridgehead atoms. The van der Waals surface area contributed by atoms with Gasteiger partial charge in [0.05, 0.1) is 28.5 Å². The van der Waals surface area contributed by atoms with Crippen LogP contribution in [0.25, 0.3) is 0 Å². The molecule has 0 saturated heterocycles. The molecule has 0 aliphatic heterocycles. The molecule has 2 aromatic carbocycles. The number of rotatable bonds is 8. The van der Waals surface area contributed by atoms with Crippen LogP contribution in [0.1, 0.15) is 12.5 Å². The van der Waals surface area contributed by atoms with Crippen LogP contribution < -0.4 is 15.4 Å². The molecule has 0 aliphatic rings. The number of nitro groups is 1. The first-order valence-corrected chi connectivity index (χ1v) is 9.59. The number of nitrogens with zero attached hydrogens (tertiary/aromatic N) is 1. The molecule has 28 heavy (non-hydrogen) atoms. The first-order valence-electron chi connectivity index (χ1n) is 8.06. The zero-order chi connectivity index (χ0) is 20.7. The van der Waals surface area contributed by atoms with Crippen LogP contribution in [0.5, 0.6) is 5.75 Å². The van der Waals surface area contributed by atoms with Crippen LogP contribution in [0.15, 0.2) is 36.4 Å². The number of nitrogens with one attached hydrogen (secondary N) is 2. The van der Waals surface area contributed by atoms with Crippen molar-refractivity contribution in [2.24, 2.45) is 0 Å². The number of amides is 2. The predicted octanol–water partition coefficient (Wildman–Crippen LogP) is 4.09. The van der Waals surface area contributed by atoms with Crippen LogP contribution in [0.4, 0.5) is 17.1 Å². The van der Waals surface area contributed by atoms with Gasteiger partial charge in [-0.2, -0.15) is 0 Å². The summed E-state index contributed by atoms with van der Waals surface area (Å²) in [5.74, 6) is 0.274. The van der Waals surface area contributed by atoms with E-state index in [1.165, 1.54) is 37.9 Å². The molecule has 0 aromatic heterocycles. The lowest BCUT2D eigenvalue weighted by molar-refractivity contribution is -0.385. The van der Waals surface area contributed by atoms with E-state index in [1.54, 1.807) is 24.3 Å². The lowest BCUT2D eigenvalue weighted by Gasteiger charge is -2.09. The summed E-state index contributed by atoms with van der Waals surface area (Å²) in [6, 6.07) is 9.46. The highest BCUT2D eigenvalue weighted by Crippen LogP contribution is 2.29. The number of anilines is 2. The van der Waals surface area contributed by atoms with E-state index in [4.69, 9.17) is 16.3 Å².